The van der Waals surface area contributed by atoms with E-state index in [1.54, 1.807) is 0 Å². The average Bonchev–Trinajstić information content (AvgIpc) is 2.99. The van der Waals surface area contributed by atoms with Gasteiger partial charge in [0.05, 0.1) is 26.4 Å². The van der Waals surface area contributed by atoms with Crippen LogP contribution in [0.15, 0.2) is 0 Å². The van der Waals surface area contributed by atoms with Crippen molar-refractivity contribution in [2.24, 2.45) is 0 Å². The van der Waals surface area contributed by atoms with Gasteiger partial charge in [-0.25, -0.2) is 0 Å². The first-order valence-electron chi connectivity index (χ1n) is 4.91. The zero-order valence-corrected chi connectivity index (χ0v) is 9.69. The fourth-order valence-corrected chi connectivity index (χ4v) is 1.90. The van der Waals surface area contributed by atoms with Crippen molar-refractivity contribution in [3.05, 3.63) is 0 Å². The summed E-state index contributed by atoms with van der Waals surface area (Å²) in [6.07, 6.45) is -0.456. The molecule has 0 aromatic heterocycles. The van der Waals surface area contributed by atoms with Crippen LogP contribution in [0.4, 0.5) is 0 Å². The molecule has 2 saturated heterocycles. The second kappa shape index (κ2) is 5.61. The SMILES string of the molecule is OC(COCC1CS1)COCC1CS1. The van der Waals surface area contributed by atoms with E-state index in [0.29, 0.717) is 23.7 Å². The van der Waals surface area contributed by atoms with Crippen molar-refractivity contribution in [2.75, 3.05) is 37.9 Å². The van der Waals surface area contributed by atoms with Crippen LogP contribution >= 0.6 is 23.5 Å². The van der Waals surface area contributed by atoms with Crippen LogP contribution in [0.3, 0.4) is 0 Å². The van der Waals surface area contributed by atoms with Crippen LogP contribution in [-0.4, -0.2) is 59.6 Å². The van der Waals surface area contributed by atoms with Gasteiger partial charge >= 0.3 is 0 Å². The van der Waals surface area contributed by atoms with Crippen LogP contribution in [-0.2, 0) is 9.47 Å². The van der Waals surface area contributed by atoms with Gasteiger partial charge in [-0.05, 0) is 0 Å². The summed E-state index contributed by atoms with van der Waals surface area (Å²) in [7, 11) is 0. The van der Waals surface area contributed by atoms with Crippen LogP contribution in [0.1, 0.15) is 0 Å². The van der Waals surface area contributed by atoms with E-state index >= 15 is 0 Å². The molecule has 0 amide bonds. The second-order valence-corrected chi connectivity index (χ2v) is 6.31. The number of aliphatic hydroxyl groups excluding tert-OH is 1. The molecule has 3 nitrogen and oxygen atoms in total. The van der Waals surface area contributed by atoms with E-state index in [0.717, 1.165) is 13.2 Å². The smallest absolute Gasteiger partial charge is 0.101 e. The molecular weight excluding hydrogens is 220 g/mol. The van der Waals surface area contributed by atoms with Crippen LogP contribution in [0.5, 0.6) is 0 Å². The number of aliphatic hydroxyl groups is 1. The summed E-state index contributed by atoms with van der Waals surface area (Å²) in [6, 6.07) is 0. The first-order valence-corrected chi connectivity index (χ1v) is 7.01. The third kappa shape index (κ3) is 4.89. The van der Waals surface area contributed by atoms with Crippen molar-refractivity contribution in [2.45, 2.75) is 16.6 Å². The summed E-state index contributed by atoms with van der Waals surface area (Å²) in [5.74, 6) is 2.43. The first-order chi connectivity index (χ1) is 6.84. The molecule has 2 aliphatic rings. The number of hydrogen-bond acceptors (Lipinski definition) is 5. The lowest BCUT2D eigenvalue weighted by Crippen LogP contribution is -2.23. The zero-order chi connectivity index (χ0) is 9.80. The minimum atomic E-state index is -0.456. The largest absolute Gasteiger partial charge is 0.388 e. The summed E-state index contributed by atoms with van der Waals surface area (Å²) >= 11 is 3.82. The minimum Gasteiger partial charge on any atom is -0.388 e. The van der Waals surface area contributed by atoms with Gasteiger partial charge in [0.1, 0.15) is 6.10 Å². The van der Waals surface area contributed by atoms with E-state index in [4.69, 9.17) is 9.47 Å². The van der Waals surface area contributed by atoms with Crippen molar-refractivity contribution >= 4 is 23.5 Å². The Morgan fingerprint density at radius 1 is 1.07 bits per heavy atom. The molecule has 2 aliphatic heterocycles. The summed E-state index contributed by atoms with van der Waals surface area (Å²) in [5, 5.41) is 10.8. The van der Waals surface area contributed by atoms with E-state index in [1.807, 2.05) is 23.5 Å². The molecular formula is C9H16O3S2. The van der Waals surface area contributed by atoms with Crippen molar-refractivity contribution < 1.29 is 14.6 Å². The Hall–Kier alpha value is 0.580. The van der Waals surface area contributed by atoms with Crippen molar-refractivity contribution in [3.63, 3.8) is 0 Å². The highest BCUT2D eigenvalue weighted by molar-refractivity contribution is 8.07. The van der Waals surface area contributed by atoms with Crippen LogP contribution in [0.2, 0.25) is 0 Å². The first kappa shape index (κ1) is 11.1. The molecule has 0 aromatic carbocycles. The molecule has 82 valence electrons. The molecule has 0 saturated carbocycles. The van der Waals surface area contributed by atoms with E-state index < -0.39 is 6.10 Å². The molecule has 2 fully saturated rings. The number of hydrogen-bond donors (Lipinski definition) is 1. The summed E-state index contributed by atoms with van der Waals surface area (Å²) < 4.78 is 10.7. The standard InChI is InChI=1S/C9H16O3S2/c10-7(1-11-3-8-5-13-8)2-12-4-9-6-14-9/h7-10H,1-6H2. The summed E-state index contributed by atoms with van der Waals surface area (Å²) in [6.45, 7) is 2.38. The van der Waals surface area contributed by atoms with Gasteiger partial charge in [-0.2, -0.15) is 23.5 Å². The molecule has 0 spiro atoms. The molecule has 0 bridgehead atoms. The second-order valence-electron chi connectivity index (χ2n) is 3.64. The fraction of sp³-hybridized carbons (Fsp3) is 1.00. The Balaban J connectivity index is 1.38. The third-order valence-corrected chi connectivity index (χ3v) is 3.91. The average molecular weight is 236 g/mol. The molecule has 2 rings (SSSR count). The van der Waals surface area contributed by atoms with Crippen LogP contribution in [0.25, 0.3) is 0 Å². The molecule has 5 heteroatoms. The van der Waals surface area contributed by atoms with Gasteiger partial charge in [-0.1, -0.05) is 0 Å². The molecule has 0 radical (unpaired) electrons. The summed E-state index contributed by atoms with van der Waals surface area (Å²) in [4.78, 5) is 0. The monoisotopic (exact) mass is 236 g/mol. The highest BCUT2D eigenvalue weighted by Gasteiger charge is 2.24. The topological polar surface area (TPSA) is 38.7 Å². The molecule has 2 atom stereocenters. The Labute approximate surface area is 92.9 Å². The predicted molar refractivity (Wildman–Crippen MR) is 60.1 cm³/mol. The molecule has 14 heavy (non-hydrogen) atoms. The van der Waals surface area contributed by atoms with Gasteiger partial charge in [0, 0.05) is 22.0 Å². The molecule has 2 heterocycles. The van der Waals surface area contributed by atoms with Gasteiger partial charge in [0.25, 0.3) is 0 Å². The number of ether oxygens (including phenoxy) is 2. The molecule has 0 aliphatic carbocycles. The van der Waals surface area contributed by atoms with E-state index in [1.165, 1.54) is 11.5 Å². The van der Waals surface area contributed by atoms with Gasteiger partial charge < -0.3 is 14.6 Å². The number of rotatable bonds is 8. The summed E-state index contributed by atoms with van der Waals surface area (Å²) in [5.41, 5.74) is 0. The Bertz CT molecular complexity index is 153. The highest BCUT2D eigenvalue weighted by atomic mass is 32.2. The fourth-order valence-electron chi connectivity index (χ4n) is 1.05. The lowest BCUT2D eigenvalue weighted by molar-refractivity contribution is -0.0154. The maximum Gasteiger partial charge on any atom is 0.101 e. The van der Waals surface area contributed by atoms with Gasteiger partial charge in [0.2, 0.25) is 0 Å². The molecule has 1 N–H and O–H groups in total. The van der Waals surface area contributed by atoms with Gasteiger partial charge in [0.15, 0.2) is 0 Å². The maximum atomic E-state index is 9.45. The Morgan fingerprint density at radius 2 is 1.50 bits per heavy atom. The Morgan fingerprint density at radius 3 is 1.86 bits per heavy atom. The van der Waals surface area contributed by atoms with Gasteiger partial charge in [-0.3, -0.25) is 0 Å². The lowest BCUT2D eigenvalue weighted by atomic mass is 10.4. The van der Waals surface area contributed by atoms with E-state index in [2.05, 4.69) is 0 Å². The van der Waals surface area contributed by atoms with Crippen molar-refractivity contribution in [3.8, 4) is 0 Å². The van der Waals surface area contributed by atoms with Crippen molar-refractivity contribution in [1.29, 1.82) is 0 Å². The van der Waals surface area contributed by atoms with Crippen molar-refractivity contribution in [1.82, 2.24) is 0 Å². The molecule has 2 unspecified atom stereocenters. The van der Waals surface area contributed by atoms with E-state index in [-0.39, 0.29) is 0 Å². The van der Waals surface area contributed by atoms with Crippen LogP contribution < -0.4 is 0 Å². The maximum absolute atomic E-state index is 9.45. The van der Waals surface area contributed by atoms with Crippen LogP contribution in [0, 0.1) is 0 Å². The zero-order valence-electron chi connectivity index (χ0n) is 8.05. The third-order valence-electron chi connectivity index (χ3n) is 2.03. The predicted octanol–water partition coefficient (Wildman–Crippen LogP) is 0.611. The highest BCUT2D eigenvalue weighted by Crippen LogP contribution is 2.30. The number of thioether (sulfide) groups is 2. The van der Waals surface area contributed by atoms with Gasteiger partial charge in [-0.15, -0.1) is 0 Å². The lowest BCUT2D eigenvalue weighted by Gasteiger charge is -2.10. The quantitative estimate of drug-likeness (QED) is 0.625. The minimum absolute atomic E-state index is 0.412. The van der Waals surface area contributed by atoms with E-state index in [9.17, 15) is 5.11 Å². The normalized spacial score (nSPS) is 31.5. The molecule has 0 aromatic rings. The Kier molecular flexibility index (Phi) is 4.44.